The molecule has 2 amide bonds. The number of urea groups is 1. The fraction of sp³-hybridized carbons (Fsp3) is 0.350. The van der Waals surface area contributed by atoms with E-state index in [1.807, 2.05) is 31.2 Å². The minimum Gasteiger partial charge on any atom is -0.492 e. The summed E-state index contributed by atoms with van der Waals surface area (Å²) >= 11 is 0. The van der Waals surface area contributed by atoms with Crippen LogP contribution in [0, 0.1) is 6.92 Å². The summed E-state index contributed by atoms with van der Waals surface area (Å²) in [6.07, 6.45) is 0. The van der Waals surface area contributed by atoms with Gasteiger partial charge in [0.2, 0.25) is 10.0 Å². The number of nitrogens with one attached hydrogen (secondary N) is 2. The van der Waals surface area contributed by atoms with Crippen molar-refractivity contribution < 1.29 is 17.9 Å². The second kappa shape index (κ2) is 10.1. The summed E-state index contributed by atoms with van der Waals surface area (Å²) in [5.41, 5.74) is 2.75. The molecule has 0 saturated carbocycles. The molecule has 0 aliphatic heterocycles. The predicted octanol–water partition coefficient (Wildman–Crippen LogP) is 2.26. The molecule has 0 aromatic heterocycles. The third kappa shape index (κ3) is 7.21. The predicted molar refractivity (Wildman–Crippen MR) is 110 cm³/mol. The summed E-state index contributed by atoms with van der Waals surface area (Å²) in [6.45, 7) is 3.24. The number of likely N-dealkylation sites (N-methyl/N-ethyl adjacent to an activating group) is 1. The van der Waals surface area contributed by atoms with Gasteiger partial charge in [0.05, 0.1) is 12.3 Å². The maximum Gasteiger partial charge on any atom is 0.317 e. The number of hydrogen-bond acceptors (Lipinski definition) is 4. The van der Waals surface area contributed by atoms with Crippen LogP contribution >= 0.6 is 0 Å². The molecule has 8 heteroatoms. The highest BCUT2D eigenvalue weighted by molar-refractivity contribution is 7.88. The van der Waals surface area contributed by atoms with Crippen LogP contribution in [0.2, 0.25) is 0 Å². The van der Waals surface area contributed by atoms with Crippen LogP contribution in [0.5, 0.6) is 5.75 Å². The van der Waals surface area contributed by atoms with Crippen LogP contribution < -0.4 is 14.8 Å². The van der Waals surface area contributed by atoms with Crippen molar-refractivity contribution in [3.05, 3.63) is 65.2 Å². The van der Waals surface area contributed by atoms with E-state index in [0.29, 0.717) is 25.3 Å². The van der Waals surface area contributed by atoms with Crippen molar-refractivity contribution in [1.82, 2.24) is 14.9 Å². The molecule has 0 bridgehead atoms. The first-order valence-electron chi connectivity index (χ1n) is 8.96. The molecular weight excluding hydrogens is 378 g/mol. The van der Waals surface area contributed by atoms with Crippen LogP contribution in [-0.2, 0) is 22.3 Å². The van der Waals surface area contributed by atoms with Gasteiger partial charge in [-0.25, -0.2) is 17.9 Å². The lowest BCUT2D eigenvalue weighted by molar-refractivity contribution is 0.195. The lowest BCUT2D eigenvalue weighted by Gasteiger charge is -2.18. The van der Waals surface area contributed by atoms with Gasteiger partial charge in [-0.05, 0) is 37.2 Å². The van der Waals surface area contributed by atoms with E-state index in [1.165, 1.54) is 12.6 Å². The number of hydrogen-bond donors (Lipinski definition) is 2. The number of carbonyl (C=O) groups is 1. The van der Waals surface area contributed by atoms with Gasteiger partial charge in [0.15, 0.2) is 0 Å². The van der Waals surface area contributed by atoms with E-state index in [0.717, 1.165) is 11.3 Å². The molecule has 0 unspecified atom stereocenters. The molecule has 0 fully saturated rings. The fourth-order valence-corrected chi connectivity index (χ4v) is 3.17. The Morgan fingerprint density at radius 1 is 1.04 bits per heavy atom. The second-order valence-electron chi connectivity index (χ2n) is 6.52. The van der Waals surface area contributed by atoms with Crippen molar-refractivity contribution in [1.29, 1.82) is 0 Å². The van der Waals surface area contributed by atoms with Crippen molar-refractivity contribution in [2.45, 2.75) is 19.2 Å². The Kier molecular flexibility index (Phi) is 7.83. The monoisotopic (exact) mass is 405 g/mol. The molecule has 0 saturated heterocycles. The van der Waals surface area contributed by atoms with Crippen LogP contribution in [0.1, 0.15) is 16.7 Å². The highest BCUT2D eigenvalue weighted by Crippen LogP contribution is 2.11. The highest BCUT2D eigenvalue weighted by Gasteiger charge is 2.10. The second-order valence-corrected chi connectivity index (χ2v) is 8.45. The van der Waals surface area contributed by atoms with E-state index in [-0.39, 0.29) is 11.8 Å². The van der Waals surface area contributed by atoms with Gasteiger partial charge >= 0.3 is 6.03 Å². The number of carbonyl (C=O) groups excluding carboxylic acids is 1. The van der Waals surface area contributed by atoms with E-state index >= 15 is 0 Å². The summed E-state index contributed by atoms with van der Waals surface area (Å²) in [6, 6.07) is 14.7. The first-order chi connectivity index (χ1) is 13.3. The van der Waals surface area contributed by atoms with E-state index in [9.17, 15) is 13.2 Å². The minimum absolute atomic E-state index is 0.0696. The van der Waals surface area contributed by atoms with Gasteiger partial charge < -0.3 is 15.0 Å². The third-order valence-corrected chi connectivity index (χ3v) is 5.53. The van der Waals surface area contributed by atoms with Crippen LogP contribution in [0.15, 0.2) is 48.5 Å². The fourth-order valence-electron chi connectivity index (χ4n) is 2.39. The van der Waals surface area contributed by atoms with Crippen LogP contribution in [0.3, 0.4) is 0 Å². The summed E-state index contributed by atoms with van der Waals surface area (Å²) in [5, 5.41) is 2.83. The maximum atomic E-state index is 12.2. The largest absolute Gasteiger partial charge is 0.492 e. The van der Waals surface area contributed by atoms with Crippen molar-refractivity contribution >= 4 is 16.1 Å². The van der Waals surface area contributed by atoms with E-state index in [1.54, 1.807) is 36.2 Å². The normalized spacial score (nSPS) is 11.1. The molecule has 0 heterocycles. The topological polar surface area (TPSA) is 87.7 Å². The van der Waals surface area contributed by atoms with Gasteiger partial charge in [0.1, 0.15) is 12.4 Å². The Morgan fingerprint density at radius 3 is 2.25 bits per heavy atom. The molecule has 0 radical (unpaired) electrons. The lowest BCUT2D eigenvalue weighted by Crippen LogP contribution is -2.39. The van der Waals surface area contributed by atoms with Crippen molar-refractivity contribution in [2.24, 2.45) is 0 Å². The molecule has 152 valence electrons. The van der Waals surface area contributed by atoms with Gasteiger partial charge in [-0.3, -0.25) is 0 Å². The molecule has 0 aliphatic rings. The average Bonchev–Trinajstić information content (AvgIpc) is 2.68. The van der Waals surface area contributed by atoms with Crippen molar-refractivity contribution in [2.75, 3.05) is 27.2 Å². The number of ether oxygens (including phenoxy) is 1. The Labute approximate surface area is 166 Å². The number of amides is 2. The molecule has 2 aromatic carbocycles. The van der Waals surface area contributed by atoms with E-state index < -0.39 is 10.0 Å². The number of rotatable bonds is 9. The Bertz CT molecular complexity index is 865. The summed E-state index contributed by atoms with van der Waals surface area (Å²) < 4.78 is 31.0. The summed E-state index contributed by atoms with van der Waals surface area (Å²) in [5.74, 6) is 0.708. The quantitative estimate of drug-likeness (QED) is 0.670. The number of benzene rings is 2. The highest BCUT2D eigenvalue weighted by atomic mass is 32.2. The number of nitrogens with zero attached hydrogens (tertiary/aromatic N) is 1. The number of sulfonamides is 1. The molecule has 0 aliphatic carbocycles. The smallest absolute Gasteiger partial charge is 0.317 e. The summed E-state index contributed by atoms with van der Waals surface area (Å²) in [4.78, 5) is 13.7. The molecule has 2 rings (SSSR count). The van der Waals surface area contributed by atoms with Gasteiger partial charge in [-0.15, -0.1) is 0 Å². The number of aryl methyl sites for hydroxylation is 1. The lowest BCUT2D eigenvalue weighted by atomic mass is 10.1. The Balaban J connectivity index is 1.74. The first-order valence-corrected chi connectivity index (χ1v) is 10.6. The molecular formula is C20H27N3O4S. The van der Waals surface area contributed by atoms with Crippen molar-refractivity contribution in [3.8, 4) is 5.75 Å². The third-order valence-electron chi connectivity index (χ3n) is 4.20. The minimum atomic E-state index is -3.29. The van der Waals surface area contributed by atoms with Crippen molar-refractivity contribution in [3.63, 3.8) is 0 Å². The van der Waals surface area contributed by atoms with Gasteiger partial charge in [0.25, 0.3) is 0 Å². The molecule has 0 spiro atoms. The van der Waals surface area contributed by atoms with Crippen LogP contribution in [0.4, 0.5) is 4.79 Å². The Morgan fingerprint density at radius 2 is 1.64 bits per heavy atom. The van der Waals surface area contributed by atoms with E-state index in [2.05, 4.69) is 10.0 Å². The SMILES string of the molecule is CNS(=O)(=O)Cc1ccc(CNC(=O)N(C)CCOc2ccc(C)cc2)cc1. The zero-order chi connectivity index (χ0) is 20.6. The zero-order valence-electron chi connectivity index (χ0n) is 16.4. The van der Waals surface area contributed by atoms with Crippen LogP contribution in [-0.4, -0.2) is 46.6 Å². The average molecular weight is 406 g/mol. The Hall–Kier alpha value is -2.58. The van der Waals surface area contributed by atoms with E-state index in [4.69, 9.17) is 4.74 Å². The van der Waals surface area contributed by atoms with Gasteiger partial charge in [0, 0.05) is 13.6 Å². The standard InChI is InChI=1S/C20H27N3O4S/c1-16-4-10-19(11-5-16)27-13-12-23(3)20(24)22-14-17-6-8-18(9-7-17)15-28(25,26)21-2/h4-11,21H,12-15H2,1-3H3,(H,22,24). The molecule has 0 atom stereocenters. The van der Waals surface area contributed by atoms with Crippen LogP contribution in [0.25, 0.3) is 0 Å². The van der Waals surface area contributed by atoms with Gasteiger partial charge in [-0.1, -0.05) is 42.0 Å². The molecule has 28 heavy (non-hydrogen) atoms. The molecule has 2 N–H and O–H groups in total. The first kappa shape index (κ1) is 21.7. The molecule has 7 nitrogen and oxygen atoms in total. The zero-order valence-corrected chi connectivity index (χ0v) is 17.3. The molecule has 2 aromatic rings. The van der Waals surface area contributed by atoms with Gasteiger partial charge in [-0.2, -0.15) is 0 Å². The maximum absolute atomic E-state index is 12.2. The summed E-state index contributed by atoms with van der Waals surface area (Å²) in [7, 11) is -0.194.